The van der Waals surface area contributed by atoms with Crippen molar-refractivity contribution in [2.75, 3.05) is 7.05 Å². The molecule has 0 aliphatic heterocycles. The average molecular weight is 296 g/mol. The van der Waals surface area contributed by atoms with Gasteiger partial charge >= 0.3 is 5.00 Å². The van der Waals surface area contributed by atoms with Crippen molar-refractivity contribution >= 4 is 33.6 Å². The Morgan fingerprint density at radius 3 is 2.68 bits per heavy atom. The molecular formula is C12H12N2O3S2. The lowest BCUT2D eigenvalue weighted by Crippen LogP contribution is -2.28. The molecule has 2 aromatic rings. The van der Waals surface area contributed by atoms with Gasteiger partial charge in [0.1, 0.15) is 0 Å². The van der Waals surface area contributed by atoms with Crippen LogP contribution in [0.15, 0.2) is 29.6 Å². The highest BCUT2D eigenvalue weighted by Gasteiger charge is 2.22. The zero-order valence-electron chi connectivity index (χ0n) is 10.4. The van der Waals surface area contributed by atoms with E-state index in [4.69, 9.17) is 0 Å². The number of carbonyl (C=O) groups is 1. The molecule has 0 bridgehead atoms. The molecule has 7 heteroatoms. The summed E-state index contributed by atoms with van der Waals surface area (Å²) in [5, 5.41) is 12.6. The number of nitrogens with zero attached hydrogens (tertiary/aromatic N) is 2. The van der Waals surface area contributed by atoms with Gasteiger partial charge in [0.15, 0.2) is 0 Å². The van der Waals surface area contributed by atoms with Crippen molar-refractivity contribution in [1.82, 2.24) is 4.90 Å². The van der Waals surface area contributed by atoms with Crippen LogP contribution in [0.3, 0.4) is 0 Å². The second-order valence-corrected chi connectivity index (χ2v) is 6.04. The molecule has 0 saturated heterocycles. The first-order valence-electron chi connectivity index (χ1n) is 5.55. The molecule has 0 aromatic carbocycles. The largest absolute Gasteiger partial charge is 0.333 e. The van der Waals surface area contributed by atoms with Crippen LogP contribution in [0, 0.1) is 10.1 Å². The molecule has 1 atom stereocenters. The summed E-state index contributed by atoms with van der Waals surface area (Å²) >= 11 is 2.49. The van der Waals surface area contributed by atoms with Gasteiger partial charge in [0.05, 0.1) is 15.8 Å². The third-order valence-electron chi connectivity index (χ3n) is 2.84. The van der Waals surface area contributed by atoms with Gasteiger partial charge in [0.2, 0.25) is 0 Å². The van der Waals surface area contributed by atoms with Gasteiger partial charge in [-0.25, -0.2) is 0 Å². The number of hydrogen-bond acceptors (Lipinski definition) is 5. The standard InChI is InChI=1S/C12H12N2O3S2/c1-8(9-4-3-7-18-9)13(2)12(15)10-5-6-11(19-10)14(16)17/h3-8H,1-2H3/t8-/m0/s1. The first kappa shape index (κ1) is 13.7. The maximum absolute atomic E-state index is 12.2. The van der Waals surface area contributed by atoms with Crippen LogP contribution >= 0.6 is 22.7 Å². The number of hydrogen-bond donors (Lipinski definition) is 0. The molecular weight excluding hydrogens is 284 g/mol. The van der Waals surface area contributed by atoms with Crippen molar-refractivity contribution in [3.05, 3.63) is 49.5 Å². The maximum atomic E-state index is 12.2. The van der Waals surface area contributed by atoms with Crippen molar-refractivity contribution in [2.45, 2.75) is 13.0 Å². The average Bonchev–Trinajstić information content (AvgIpc) is 3.06. The van der Waals surface area contributed by atoms with Crippen LogP contribution < -0.4 is 0 Å². The fourth-order valence-electron chi connectivity index (χ4n) is 1.61. The molecule has 0 aliphatic rings. The van der Waals surface area contributed by atoms with E-state index in [9.17, 15) is 14.9 Å². The Hall–Kier alpha value is -1.73. The Morgan fingerprint density at radius 2 is 2.16 bits per heavy atom. The van der Waals surface area contributed by atoms with E-state index in [0.717, 1.165) is 16.2 Å². The summed E-state index contributed by atoms with van der Waals surface area (Å²) < 4.78 is 0. The molecule has 1 amide bonds. The van der Waals surface area contributed by atoms with E-state index in [2.05, 4.69) is 0 Å². The van der Waals surface area contributed by atoms with Gasteiger partial charge in [-0.1, -0.05) is 17.4 Å². The highest BCUT2D eigenvalue weighted by molar-refractivity contribution is 7.17. The number of rotatable bonds is 4. The summed E-state index contributed by atoms with van der Waals surface area (Å²) in [6.45, 7) is 1.94. The minimum Gasteiger partial charge on any atom is -0.333 e. The molecule has 19 heavy (non-hydrogen) atoms. The van der Waals surface area contributed by atoms with Crippen molar-refractivity contribution in [1.29, 1.82) is 0 Å². The predicted octanol–water partition coefficient (Wildman–Crippen LogP) is 3.55. The highest BCUT2D eigenvalue weighted by atomic mass is 32.1. The Balaban J connectivity index is 2.16. The SMILES string of the molecule is C[C@@H](c1cccs1)N(C)C(=O)c1ccc([N+](=O)[O-])s1. The molecule has 2 aromatic heterocycles. The molecule has 0 N–H and O–H groups in total. The van der Waals surface area contributed by atoms with Gasteiger partial charge in [-0.15, -0.1) is 11.3 Å². The molecule has 0 saturated carbocycles. The van der Waals surface area contributed by atoms with Crippen LogP contribution in [0.25, 0.3) is 0 Å². The summed E-state index contributed by atoms with van der Waals surface area (Å²) in [5.74, 6) is -0.195. The van der Waals surface area contributed by atoms with Gasteiger partial charge < -0.3 is 4.90 Å². The number of amides is 1. The van der Waals surface area contributed by atoms with E-state index >= 15 is 0 Å². The first-order chi connectivity index (χ1) is 9.00. The van der Waals surface area contributed by atoms with Crippen LogP contribution in [0.4, 0.5) is 5.00 Å². The molecule has 0 unspecified atom stereocenters. The first-order valence-corrected chi connectivity index (χ1v) is 7.25. The third kappa shape index (κ3) is 2.82. The minimum atomic E-state index is -0.482. The maximum Gasteiger partial charge on any atom is 0.324 e. The number of nitro groups is 1. The molecule has 5 nitrogen and oxygen atoms in total. The Labute approximate surface area is 118 Å². The fraction of sp³-hybridized carbons (Fsp3) is 0.250. The lowest BCUT2D eigenvalue weighted by Gasteiger charge is -2.23. The normalized spacial score (nSPS) is 12.1. The molecule has 0 spiro atoms. The van der Waals surface area contributed by atoms with Crippen LogP contribution in [0.5, 0.6) is 0 Å². The second-order valence-electron chi connectivity index (χ2n) is 4.00. The van der Waals surface area contributed by atoms with Crippen LogP contribution in [0.1, 0.15) is 27.5 Å². The predicted molar refractivity (Wildman–Crippen MR) is 75.8 cm³/mol. The smallest absolute Gasteiger partial charge is 0.324 e. The van der Waals surface area contributed by atoms with E-state index in [1.54, 1.807) is 23.3 Å². The fourth-order valence-corrected chi connectivity index (χ4v) is 3.24. The molecule has 2 rings (SSSR count). The summed E-state index contributed by atoms with van der Waals surface area (Å²) in [6, 6.07) is 6.72. The quantitative estimate of drug-likeness (QED) is 0.640. The van der Waals surface area contributed by atoms with E-state index < -0.39 is 4.92 Å². The highest BCUT2D eigenvalue weighted by Crippen LogP contribution is 2.29. The van der Waals surface area contributed by atoms with Gasteiger partial charge in [-0.2, -0.15) is 0 Å². The number of thiophene rings is 2. The van der Waals surface area contributed by atoms with Crippen LogP contribution in [0.2, 0.25) is 0 Å². The molecule has 100 valence electrons. The summed E-state index contributed by atoms with van der Waals surface area (Å²) in [7, 11) is 1.71. The van der Waals surface area contributed by atoms with E-state index in [0.29, 0.717) is 4.88 Å². The summed E-state index contributed by atoms with van der Waals surface area (Å²) in [5.41, 5.74) is 0. The van der Waals surface area contributed by atoms with Gasteiger partial charge in [0, 0.05) is 18.0 Å². The Bertz CT molecular complexity index is 592. The topological polar surface area (TPSA) is 63.5 Å². The molecule has 0 radical (unpaired) electrons. The lowest BCUT2D eigenvalue weighted by atomic mass is 10.2. The van der Waals surface area contributed by atoms with E-state index in [1.807, 2.05) is 24.4 Å². The van der Waals surface area contributed by atoms with Crippen LogP contribution in [-0.4, -0.2) is 22.8 Å². The monoisotopic (exact) mass is 296 g/mol. The molecule has 0 fully saturated rings. The molecule has 2 heterocycles. The van der Waals surface area contributed by atoms with Crippen molar-refractivity contribution in [3.63, 3.8) is 0 Å². The molecule has 0 aliphatic carbocycles. The second kappa shape index (κ2) is 5.50. The lowest BCUT2D eigenvalue weighted by molar-refractivity contribution is -0.380. The Kier molecular flexibility index (Phi) is 3.96. The van der Waals surface area contributed by atoms with E-state index in [-0.39, 0.29) is 17.0 Å². The van der Waals surface area contributed by atoms with E-state index in [1.165, 1.54) is 12.1 Å². The van der Waals surface area contributed by atoms with Gasteiger partial charge in [-0.05, 0) is 24.4 Å². The third-order valence-corrected chi connectivity index (χ3v) is 4.91. The Morgan fingerprint density at radius 1 is 1.42 bits per heavy atom. The van der Waals surface area contributed by atoms with Crippen molar-refractivity contribution in [3.8, 4) is 0 Å². The minimum absolute atomic E-state index is 0.0134. The zero-order chi connectivity index (χ0) is 14.0. The van der Waals surface area contributed by atoms with Crippen molar-refractivity contribution < 1.29 is 9.72 Å². The number of carbonyl (C=O) groups excluding carboxylic acids is 1. The zero-order valence-corrected chi connectivity index (χ0v) is 12.0. The van der Waals surface area contributed by atoms with Gasteiger partial charge in [-0.3, -0.25) is 14.9 Å². The van der Waals surface area contributed by atoms with Gasteiger partial charge in [0.25, 0.3) is 5.91 Å². The van der Waals surface area contributed by atoms with Crippen molar-refractivity contribution in [2.24, 2.45) is 0 Å². The summed E-state index contributed by atoms with van der Waals surface area (Å²) in [6.07, 6.45) is 0. The van der Waals surface area contributed by atoms with Crippen LogP contribution in [-0.2, 0) is 0 Å². The summed E-state index contributed by atoms with van der Waals surface area (Å²) in [4.78, 5) is 25.4.